The van der Waals surface area contributed by atoms with Crippen molar-refractivity contribution in [1.82, 2.24) is 0 Å². The van der Waals surface area contributed by atoms with E-state index in [0.29, 0.717) is 0 Å². The molecule has 0 saturated heterocycles. The molecule has 0 aromatic rings. The van der Waals surface area contributed by atoms with Gasteiger partial charge in [0.15, 0.2) is 9.52 Å². The monoisotopic (exact) mass is 194 g/mol. The van der Waals surface area contributed by atoms with Gasteiger partial charge in [-0.05, 0) is 5.04 Å². The Hall–Kier alpha value is 0.00688. The molecule has 70 valence electrons. The molecule has 1 aliphatic carbocycles. The van der Waals surface area contributed by atoms with E-state index in [1.807, 2.05) is 0 Å². The smallest absolute Gasteiger partial charge is 0.177 e. The van der Waals surface area contributed by atoms with E-state index >= 15 is 0 Å². The van der Waals surface area contributed by atoms with Crippen molar-refractivity contribution in [1.29, 1.82) is 0 Å². The van der Waals surface area contributed by atoms with E-state index in [0.717, 1.165) is 32.1 Å². The highest BCUT2D eigenvalue weighted by atomic mass is 28.2. The van der Waals surface area contributed by atoms with Crippen LogP contribution in [0.3, 0.4) is 0 Å². The zero-order chi connectivity index (χ0) is 9.24. The molecule has 0 bridgehead atoms. The summed E-state index contributed by atoms with van der Waals surface area (Å²) in [7, 11) is -0.856. The second kappa shape index (κ2) is 3.40. The van der Waals surface area contributed by atoms with Crippen LogP contribution in [0.5, 0.6) is 0 Å². The summed E-state index contributed by atoms with van der Waals surface area (Å²) >= 11 is 0. The zero-order valence-electron chi connectivity index (χ0n) is 7.17. The van der Waals surface area contributed by atoms with Crippen LogP contribution in [0.4, 0.5) is 13.2 Å². The van der Waals surface area contributed by atoms with Gasteiger partial charge in [-0.2, -0.15) is 13.2 Å². The Balaban J connectivity index is 2.47. The van der Waals surface area contributed by atoms with Crippen LogP contribution in [-0.4, -0.2) is 15.3 Å². The maximum atomic E-state index is 12.1. The Kier molecular flexibility index (Phi) is 2.86. The molecule has 1 fully saturated rings. The van der Waals surface area contributed by atoms with Crippen molar-refractivity contribution in [3.05, 3.63) is 0 Å². The fraction of sp³-hybridized carbons (Fsp3) is 1.00. The molecule has 1 rings (SSSR count). The summed E-state index contributed by atoms with van der Waals surface area (Å²) in [6, 6.07) is 0. The maximum absolute atomic E-state index is 12.1. The molecule has 0 nitrogen and oxygen atoms in total. The van der Waals surface area contributed by atoms with E-state index in [1.165, 1.54) is 0 Å². The summed E-state index contributed by atoms with van der Waals surface area (Å²) in [6.07, 6.45) is 4.56. The Morgan fingerprint density at radius 1 is 1.08 bits per heavy atom. The molecule has 0 aliphatic heterocycles. The van der Waals surface area contributed by atoms with Crippen LogP contribution in [-0.2, 0) is 0 Å². The van der Waals surface area contributed by atoms with Gasteiger partial charge >= 0.3 is 5.80 Å². The van der Waals surface area contributed by atoms with E-state index in [9.17, 15) is 13.2 Å². The first kappa shape index (κ1) is 10.1. The fourth-order valence-corrected chi connectivity index (χ4v) is 3.09. The average molecular weight is 194 g/mol. The predicted molar refractivity (Wildman–Crippen MR) is 43.3 cm³/mol. The molecule has 4 heteroatoms. The number of alkyl halides is 3. The summed E-state index contributed by atoms with van der Waals surface area (Å²) in [5.74, 6) is -3.95. The fourth-order valence-electron chi connectivity index (χ4n) is 1.80. The topological polar surface area (TPSA) is 0 Å². The molecule has 0 aromatic heterocycles. The van der Waals surface area contributed by atoms with Gasteiger partial charge in [0.05, 0.1) is 0 Å². The second-order valence-corrected chi connectivity index (χ2v) is 5.77. The molecule has 0 heterocycles. The largest absolute Gasteiger partial charge is 0.358 e. The molecule has 0 spiro atoms. The molecule has 0 amide bonds. The van der Waals surface area contributed by atoms with Crippen LogP contribution < -0.4 is 0 Å². The lowest BCUT2D eigenvalue weighted by Crippen LogP contribution is -2.32. The maximum Gasteiger partial charge on any atom is 0.358 e. The molecule has 0 unspecified atom stereocenters. The highest BCUT2D eigenvalue weighted by Crippen LogP contribution is 2.44. The summed E-state index contributed by atoms with van der Waals surface area (Å²) in [4.78, 5) is 0. The highest BCUT2D eigenvalue weighted by Gasteiger charge is 2.41. The minimum absolute atomic E-state index is 0.434. The van der Waals surface area contributed by atoms with Crippen molar-refractivity contribution >= 4 is 9.52 Å². The summed E-state index contributed by atoms with van der Waals surface area (Å²) < 4.78 is 36.3. The van der Waals surface area contributed by atoms with Gasteiger partial charge < -0.3 is 0 Å². The molecular weight excluding hydrogens is 181 g/mol. The lowest BCUT2D eigenvalue weighted by molar-refractivity contribution is -0.0505. The van der Waals surface area contributed by atoms with Crippen molar-refractivity contribution in [2.24, 2.45) is 0 Å². The van der Waals surface area contributed by atoms with Gasteiger partial charge in [0, 0.05) is 0 Å². The number of hydrogen-bond donors (Lipinski definition) is 0. The van der Waals surface area contributed by atoms with Gasteiger partial charge in [-0.25, -0.2) is 0 Å². The van der Waals surface area contributed by atoms with Crippen molar-refractivity contribution < 1.29 is 13.2 Å². The van der Waals surface area contributed by atoms with Gasteiger partial charge in [0.1, 0.15) is 0 Å². The first-order valence-corrected chi connectivity index (χ1v) is 5.27. The summed E-state index contributed by atoms with van der Waals surface area (Å²) in [5.41, 5.74) is 0. The average Bonchev–Trinajstić information content (AvgIpc) is 1.83. The van der Waals surface area contributed by atoms with Gasteiger partial charge in [0.2, 0.25) is 0 Å². The molecule has 1 saturated carbocycles. The van der Waals surface area contributed by atoms with Crippen LogP contribution in [0.15, 0.2) is 0 Å². The lowest BCUT2D eigenvalue weighted by atomic mass is 9.90. The summed E-state index contributed by atoms with van der Waals surface area (Å²) in [6.45, 7) is 1.78. The Labute approximate surface area is 73.4 Å². The van der Waals surface area contributed by atoms with Gasteiger partial charge in [-0.3, -0.25) is 0 Å². The number of halogens is 3. The Morgan fingerprint density at radius 2 is 1.58 bits per heavy atom. The minimum Gasteiger partial charge on any atom is -0.177 e. The van der Waals surface area contributed by atoms with Crippen LogP contribution in [0, 0.1) is 0 Å². The lowest BCUT2D eigenvalue weighted by Gasteiger charge is -2.33. The van der Waals surface area contributed by atoms with Crippen LogP contribution in [0.1, 0.15) is 39.0 Å². The normalized spacial score (nSPS) is 24.0. The van der Waals surface area contributed by atoms with Crippen LogP contribution in [0.25, 0.3) is 0 Å². The van der Waals surface area contributed by atoms with Crippen molar-refractivity contribution in [2.75, 3.05) is 0 Å². The third-order valence-electron chi connectivity index (χ3n) is 2.40. The molecular formula is C8H13F3Si. The minimum atomic E-state index is -3.95. The summed E-state index contributed by atoms with van der Waals surface area (Å²) in [5, 5.41) is -0.434. The van der Waals surface area contributed by atoms with Gasteiger partial charge in [0.25, 0.3) is 0 Å². The highest BCUT2D eigenvalue weighted by molar-refractivity contribution is 6.42. The standard InChI is InChI=1S/C8H13F3Si/c1-7(12-8(9,10)11)5-3-2-4-6-7/h2-6H2,1H3. The molecule has 12 heavy (non-hydrogen) atoms. The van der Waals surface area contributed by atoms with Gasteiger partial charge in [-0.1, -0.05) is 39.0 Å². The van der Waals surface area contributed by atoms with E-state index in [1.54, 1.807) is 6.92 Å². The molecule has 0 N–H and O–H groups in total. The van der Waals surface area contributed by atoms with Crippen molar-refractivity contribution in [2.45, 2.75) is 49.9 Å². The SMILES string of the molecule is CC1([Si]C(F)(F)F)CCCCC1. The van der Waals surface area contributed by atoms with E-state index in [-0.39, 0.29) is 0 Å². The third-order valence-corrected chi connectivity index (χ3v) is 3.79. The Bertz CT molecular complexity index is 147. The molecule has 1 aliphatic rings. The quantitative estimate of drug-likeness (QED) is 0.561. The van der Waals surface area contributed by atoms with E-state index < -0.39 is 20.4 Å². The Morgan fingerprint density at radius 3 is 2.00 bits per heavy atom. The molecule has 0 atom stereocenters. The molecule has 0 aromatic carbocycles. The second-order valence-electron chi connectivity index (χ2n) is 3.74. The zero-order valence-corrected chi connectivity index (χ0v) is 8.17. The number of rotatable bonds is 1. The predicted octanol–water partition coefficient (Wildman–Crippen LogP) is 3.35. The van der Waals surface area contributed by atoms with Crippen LogP contribution >= 0.6 is 0 Å². The first-order chi connectivity index (χ1) is 5.41. The van der Waals surface area contributed by atoms with E-state index in [4.69, 9.17) is 0 Å². The van der Waals surface area contributed by atoms with Crippen molar-refractivity contribution in [3.8, 4) is 0 Å². The van der Waals surface area contributed by atoms with Crippen molar-refractivity contribution in [3.63, 3.8) is 0 Å². The third kappa shape index (κ3) is 3.17. The molecule has 2 radical (unpaired) electrons. The number of hydrogen-bond acceptors (Lipinski definition) is 0. The van der Waals surface area contributed by atoms with Gasteiger partial charge in [-0.15, -0.1) is 0 Å². The van der Waals surface area contributed by atoms with Crippen LogP contribution in [0.2, 0.25) is 5.04 Å². The first-order valence-electron chi connectivity index (χ1n) is 4.27. The van der Waals surface area contributed by atoms with E-state index in [2.05, 4.69) is 0 Å².